The molecule has 0 atom stereocenters. The number of fused-ring (bicyclic) bond motifs is 1. The van der Waals surface area contributed by atoms with E-state index in [1.807, 2.05) is 6.92 Å². The van der Waals surface area contributed by atoms with Crippen LogP contribution in [0.5, 0.6) is 0 Å². The molecule has 0 saturated heterocycles. The molecule has 21 heavy (non-hydrogen) atoms. The van der Waals surface area contributed by atoms with E-state index in [0.29, 0.717) is 35.5 Å². The molecule has 0 N–H and O–H groups in total. The number of ether oxygens (including phenoxy) is 1. The van der Waals surface area contributed by atoms with Crippen molar-refractivity contribution >= 4 is 27.5 Å². The van der Waals surface area contributed by atoms with Gasteiger partial charge in [-0.15, -0.1) is 0 Å². The zero-order chi connectivity index (χ0) is 15.4. The molecule has 0 unspecified atom stereocenters. The van der Waals surface area contributed by atoms with Gasteiger partial charge in [0.05, 0.1) is 16.8 Å². The second kappa shape index (κ2) is 6.91. The van der Waals surface area contributed by atoms with Gasteiger partial charge in [0.15, 0.2) is 10.6 Å². The number of hydrogen-bond acceptors (Lipinski definition) is 3. The van der Waals surface area contributed by atoms with E-state index in [9.17, 15) is 13.6 Å². The largest absolute Gasteiger partial charge is 0.383 e. The highest BCUT2D eigenvalue weighted by Crippen LogP contribution is 2.22. The number of carbonyl (C=O) groups excluding carboxylic acids is 1. The number of thiazole rings is 1. The van der Waals surface area contributed by atoms with Gasteiger partial charge in [-0.1, -0.05) is 18.3 Å². The molecular formula is C14H16F2N2O2S. The number of benzene rings is 1. The third-order valence-corrected chi connectivity index (χ3v) is 3.92. The predicted molar refractivity (Wildman–Crippen MR) is 77.1 cm³/mol. The zero-order valence-corrected chi connectivity index (χ0v) is 12.7. The molecule has 0 bridgehead atoms. The van der Waals surface area contributed by atoms with Crippen LogP contribution in [-0.4, -0.2) is 24.2 Å². The number of hydrogen-bond donors (Lipinski definition) is 0. The molecule has 7 heteroatoms. The molecule has 2 rings (SSSR count). The van der Waals surface area contributed by atoms with Gasteiger partial charge in [0.25, 0.3) is 0 Å². The predicted octanol–water partition coefficient (Wildman–Crippen LogP) is 2.85. The lowest BCUT2D eigenvalue weighted by Crippen LogP contribution is -2.19. The van der Waals surface area contributed by atoms with E-state index in [0.717, 1.165) is 17.4 Å². The molecule has 0 fully saturated rings. The first kappa shape index (κ1) is 15.8. The zero-order valence-electron chi connectivity index (χ0n) is 11.9. The van der Waals surface area contributed by atoms with Crippen molar-refractivity contribution in [3.05, 3.63) is 28.6 Å². The quantitative estimate of drug-likeness (QED) is 0.852. The van der Waals surface area contributed by atoms with Crippen molar-refractivity contribution in [1.82, 2.24) is 4.57 Å². The summed E-state index contributed by atoms with van der Waals surface area (Å²) in [5.74, 6) is -1.58. The lowest BCUT2D eigenvalue weighted by atomic mass is 10.3. The molecule has 1 aromatic heterocycles. The summed E-state index contributed by atoms with van der Waals surface area (Å²) < 4.78 is 34.3. The number of nitrogens with zero attached hydrogens (tertiary/aromatic N) is 2. The van der Waals surface area contributed by atoms with Crippen LogP contribution in [0.25, 0.3) is 10.2 Å². The topological polar surface area (TPSA) is 43.6 Å². The van der Waals surface area contributed by atoms with Crippen LogP contribution in [0.1, 0.15) is 19.8 Å². The molecule has 114 valence electrons. The highest BCUT2D eigenvalue weighted by atomic mass is 32.1. The lowest BCUT2D eigenvalue weighted by Gasteiger charge is -2.05. The maximum absolute atomic E-state index is 14.0. The van der Waals surface area contributed by atoms with Crippen molar-refractivity contribution in [1.29, 1.82) is 0 Å². The fourth-order valence-electron chi connectivity index (χ4n) is 1.98. The van der Waals surface area contributed by atoms with Crippen LogP contribution < -0.4 is 4.80 Å². The van der Waals surface area contributed by atoms with Crippen molar-refractivity contribution in [3.63, 3.8) is 0 Å². The molecule has 1 aromatic carbocycles. The van der Waals surface area contributed by atoms with Crippen LogP contribution in [0.4, 0.5) is 8.78 Å². The number of methoxy groups -OCH3 is 1. The number of rotatable bonds is 5. The van der Waals surface area contributed by atoms with Gasteiger partial charge in [0.1, 0.15) is 5.82 Å². The van der Waals surface area contributed by atoms with Gasteiger partial charge in [0, 0.05) is 26.1 Å². The molecule has 0 spiro atoms. The van der Waals surface area contributed by atoms with Gasteiger partial charge in [-0.05, 0) is 12.5 Å². The third-order valence-electron chi connectivity index (χ3n) is 2.90. The summed E-state index contributed by atoms with van der Waals surface area (Å²) in [6, 6.07) is 2.08. The van der Waals surface area contributed by atoms with Gasteiger partial charge in [-0.2, -0.15) is 4.99 Å². The molecular weight excluding hydrogens is 298 g/mol. The second-order valence-corrected chi connectivity index (χ2v) is 5.53. The van der Waals surface area contributed by atoms with Gasteiger partial charge in [0.2, 0.25) is 5.91 Å². The van der Waals surface area contributed by atoms with Crippen molar-refractivity contribution in [3.8, 4) is 0 Å². The first-order chi connectivity index (χ1) is 10.1. The average molecular weight is 314 g/mol. The normalized spacial score (nSPS) is 12.3. The van der Waals surface area contributed by atoms with E-state index in [4.69, 9.17) is 4.74 Å². The SMILES string of the molecule is CCCC(=O)N=c1sc2cc(F)cc(F)c2n1CCOC. The molecule has 2 aromatic rings. The van der Waals surface area contributed by atoms with Gasteiger partial charge < -0.3 is 9.30 Å². The lowest BCUT2D eigenvalue weighted by molar-refractivity contribution is -0.118. The summed E-state index contributed by atoms with van der Waals surface area (Å²) in [4.78, 5) is 16.1. The number of aromatic nitrogens is 1. The Morgan fingerprint density at radius 2 is 2.19 bits per heavy atom. The van der Waals surface area contributed by atoms with Crippen LogP contribution in [0, 0.1) is 11.6 Å². The van der Waals surface area contributed by atoms with Crippen molar-refractivity contribution < 1.29 is 18.3 Å². The summed E-state index contributed by atoms with van der Waals surface area (Å²) in [5, 5.41) is 0. The minimum absolute atomic E-state index is 0.251. The first-order valence-electron chi connectivity index (χ1n) is 6.61. The number of carbonyl (C=O) groups is 1. The minimum atomic E-state index is -0.665. The Bertz CT molecular complexity index is 722. The van der Waals surface area contributed by atoms with Gasteiger partial charge in [-0.25, -0.2) is 8.78 Å². The van der Waals surface area contributed by atoms with Crippen LogP contribution in [0.3, 0.4) is 0 Å². The maximum atomic E-state index is 14.0. The van der Waals surface area contributed by atoms with E-state index in [1.165, 1.54) is 13.2 Å². The van der Waals surface area contributed by atoms with Crippen molar-refractivity contribution in [2.75, 3.05) is 13.7 Å². The molecule has 4 nitrogen and oxygen atoms in total. The monoisotopic (exact) mass is 314 g/mol. The molecule has 0 aliphatic heterocycles. The van der Waals surface area contributed by atoms with E-state index in [-0.39, 0.29) is 11.4 Å². The Kier molecular flexibility index (Phi) is 5.19. The molecule has 1 heterocycles. The summed E-state index contributed by atoms with van der Waals surface area (Å²) in [5.41, 5.74) is 0.251. The van der Waals surface area contributed by atoms with Crippen LogP contribution in [-0.2, 0) is 16.1 Å². The van der Waals surface area contributed by atoms with Gasteiger partial charge >= 0.3 is 0 Å². The van der Waals surface area contributed by atoms with Crippen LogP contribution in [0.15, 0.2) is 17.1 Å². The Morgan fingerprint density at radius 1 is 1.43 bits per heavy atom. The van der Waals surface area contributed by atoms with Crippen LogP contribution in [0.2, 0.25) is 0 Å². The van der Waals surface area contributed by atoms with Crippen molar-refractivity contribution in [2.24, 2.45) is 4.99 Å². The fourth-order valence-corrected chi connectivity index (χ4v) is 3.09. The Labute approximate surface area is 124 Å². The van der Waals surface area contributed by atoms with E-state index in [2.05, 4.69) is 4.99 Å². The average Bonchev–Trinajstić information content (AvgIpc) is 2.73. The summed E-state index contributed by atoms with van der Waals surface area (Å²) >= 11 is 1.10. The number of amides is 1. The number of halogens is 2. The molecule has 1 amide bonds. The summed E-state index contributed by atoms with van der Waals surface area (Å²) in [6.07, 6.45) is 1.02. The van der Waals surface area contributed by atoms with E-state index >= 15 is 0 Å². The highest BCUT2D eigenvalue weighted by Gasteiger charge is 2.13. The standard InChI is InChI=1S/C14H16F2N2O2S/c1-3-4-12(19)17-14-18(5-6-20-2)13-10(16)7-9(15)8-11(13)21-14/h7-8H,3-6H2,1-2H3. The highest BCUT2D eigenvalue weighted by molar-refractivity contribution is 7.16. The van der Waals surface area contributed by atoms with Crippen LogP contribution >= 0.6 is 11.3 Å². The van der Waals surface area contributed by atoms with E-state index in [1.54, 1.807) is 4.57 Å². The Balaban J connectivity index is 2.63. The molecule has 0 saturated carbocycles. The Morgan fingerprint density at radius 3 is 2.86 bits per heavy atom. The molecule has 0 aliphatic carbocycles. The molecule has 0 radical (unpaired) electrons. The van der Waals surface area contributed by atoms with Gasteiger partial charge in [-0.3, -0.25) is 4.79 Å². The maximum Gasteiger partial charge on any atom is 0.248 e. The summed E-state index contributed by atoms with van der Waals surface area (Å²) in [6.45, 7) is 2.57. The fraction of sp³-hybridized carbons (Fsp3) is 0.429. The summed E-state index contributed by atoms with van der Waals surface area (Å²) in [7, 11) is 1.53. The minimum Gasteiger partial charge on any atom is -0.383 e. The van der Waals surface area contributed by atoms with E-state index < -0.39 is 11.6 Å². The molecule has 0 aliphatic rings. The third kappa shape index (κ3) is 3.54. The second-order valence-electron chi connectivity index (χ2n) is 4.52. The Hall–Kier alpha value is -1.60. The smallest absolute Gasteiger partial charge is 0.248 e. The van der Waals surface area contributed by atoms with Crippen molar-refractivity contribution in [2.45, 2.75) is 26.3 Å². The first-order valence-corrected chi connectivity index (χ1v) is 7.43.